The molecule has 0 aromatic carbocycles. The number of quaternary nitrogens is 1. The molecule has 0 radical (unpaired) electrons. The molecule has 0 aliphatic carbocycles. The van der Waals surface area contributed by atoms with Gasteiger partial charge in [0.25, 0.3) is 0 Å². The van der Waals surface area contributed by atoms with Gasteiger partial charge in [-0.2, -0.15) is 0 Å². The van der Waals surface area contributed by atoms with Crippen LogP contribution in [-0.2, 0) is 14.6 Å². The Morgan fingerprint density at radius 3 is 1.26 bits per heavy atom. The van der Waals surface area contributed by atoms with Crippen LogP contribution in [0.5, 0.6) is 0 Å². The Hall–Kier alpha value is -1.21. The van der Waals surface area contributed by atoms with Gasteiger partial charge in [-0.05, 0) is 24.3 Å². The molecule has 0 aliphatic rings. The normalized spacial score (nSPS) is 10.8. The maximum absolute atomic E-state index is 9.22. The molecule has 0 spiro atoms. The Balaban J connectivity index is 0. The number of nitrogens with zero attached hydrogens (tertiary/aromatic N) is 1. The van der Waals surface area contributed by atoms with Crippen molar-refractivity contribution in [2.45, 2.75) is 0 Å². The average Bonchev–Trinajstić information content (AvgIpc) is 2.30. The maximum Gasteiger partial charge on any atom is 0.217 e. The van der Waals surface area contributed by atoms with Crippen LogP contribution >= 0.6 is 0 Å². The summed E-state index contributed by atoms with van der Waals surface area (Å²) in [5.41, 5.74) is 0. The van der Waals surface area contributed by atoms with Crippen molar-refractivity contribution in [3.63, 3.8) is 0 Å². The summed E-state index contributed by atoms with van der Waals surface area (Å²) in [4.78, 5) is 0. The molecule has 0 aromatic rings. The molecule has 0 unspecified atom stereocenters. The zero-order chi connectivity index (χ0) is 15.4. The minimum absolute atomic E-state index is 0.808. The van der Waals surface area contributed by atoms with Gasteiger partial charge in [0, 0.05) is 0 Å². The average molecular weight is 289 g/mol. The van der Waals surface area contributed by atoms with E-state index in [0.29, 0.717) is 0 Å². The molecular weight excluding hydrogens is 266 g/mol. The first-order valence-corrected chi connectivity index (χ1v) is 6.94. The fourth-order valence-electron chi connectivity index (χ4n) is 1.54. The van der Waals surface area contributed by atoms with Gasteiger partial charge in [-0.1, -0.05) is 26.3 Å². The van der Waals surface area contributed by atoms with Crippen LogP contribution in [0.4, 0.5) is 0 Å². The largest absolute Gasteiger partial charge is 0.726 e. The lowest BCUT2D eigenvalue weighted by atomic mass is 10.3. The van der Waals surface area contributed by atoms with Gasteiger partial charge in [0.2, 0.25) is 10.4 Å². The lowest BCUT2D eigenvalue weighted by molar-refractivity contribution is -0.906. The van der Waals surface area contributed by atoms with Crippen LogP contribution in [-0.4, -0.2) is 50.7 Å². The van der Waals surface area contributed by atoms with Crippen molar-refractivity contribution in [3.8, 4) is 0 Å². The molecule has 0 rings (SSSR count). The second kappa shape index (κ2) is 10.7. The maximum atomic E-state index is 9.22. The predicted molar refractivity (Wildman–Crippen MR) is 77.2 cm³/mol. The molecule has 0 N–H and O–H groups in total. The molecule has 0 atom stereocenters. The van der Waals surface area contributed by atoms with Crippen molar-refractivity contribution in [1.82, 2.24) is 0 Å². The minimum Gasteiger partial charge on any atom is -0.726 e. The van der Waals surface area contributed by atoms with Crippen LogP contribution in [0.1, 0.15) is 0 Å². The molecule has 0 amide bonds. The second-order valence-electron chi connectivity index (χ2n) is 3.80. The summed E-state index contributed by atoms with van der Waals surface area (Å²) in [6, 6.07) is 0. The third-order valence-corrected chi connectivity index (χ3v) is 2.68. The fourth-order valence-corrected chi connectivity index (χ4v) is 1.54. The molecule has 5 nitrogen and oxygen atoms in total. The lowest BCUT2D eigenvalue weighted by Gasteiger charge is -2.35. The van der Waals surface area contributed by atoms with Crippen LogP contribution < -0.4 is 0 Å². The van der Waals surface area contributed by atoms with Crippen molar-refractivity contribution in [3.05, 3.63) is 50.6 Å². The highest BCUT2D eigenvalue weighted by molar-refractivity contribution is 7.80. The SMILES string of the molecule is C=CC[N+](CC=C)(CC=C)CC=C.COS(=O)(=O)[O-]. The van der Waals surface area contributed by atoms with Crippen molar-refractivity contribution < 1.29 is 21.6 Å². The Labute approximate surface area is 116 Å². The second-order valence-corrected chi connectivity index (χ2v) is 4.95. The molecule has 0 saturated carbocycles. The highest BCUT2D eigenvalue weighted by atomic mass is 32.3. The van der Waals surface area contributed by atoms with Crippen molar-refractivity contribution in [2.75, 3.05) is 33.3 Å². The summed E-state index contributed by atoms with van der Waals surface area (Å²) in [7, 11) is -3.60. The molecule has 0 aliphatic heterocycles. The first kappa shape index (κ1) is 20.1. The summed E-state index contributed by atoms with van der Waals surface area (Å²) in [6.07, 6.45) is 7.76. The van der Waals surface area contributed by atoms with E-state index in [1.54, 1.807) is 0 Å². The van der Waals surface area contributed by atoms with Crippen LogP contribution in [0.3, 0.4) is 0 Å². The van der Waals surface area contributed by atoms with Crippen molar-refractivity contribution in [2.24, 2.45) is 0 Å². The van der Waals surface area contributed by atoms with Crippen molar-refractivity contribution >= 4 is 10.4 Å². The lowest BCUT2D eigenvalue weighted by Crippen LogP contribution is -2.48. The number of hydrogen-bond acceptors (Lipinski definition) is 4. The Morgan fingerprint density at radius 2 is 1.16 bits per heavy atom. The zero-order valence-electron chi connectivity index (χ0n) is 11.5. The minimum atomic E-state index is -4.41. The van der Waals surface area contributed by atoms with Crippen LogP contribution in [0, 0.1) is 0 Å². The smallest absolute Gasteiger partial charge is 0.217 e. The molecule has 0 aromatic heterocycles. The Bertz CT molecular complexity index is 342. The van der Waals surface area contributed by atoms with Gasteiger partial charge < -0.3 is 9.04 Å². The monoisotopic (exact) mass is 289 g/mol. The Kier molecular flexibility index (Phi) is 11.3. The third kappa shape index (κ3) is 11.6. The van der Waals surface area contributed by atoms with Gasteiger partial charge >= 0.3 is 0 Å². The van der Waals surface area contributed by atoms with E-state index in [-0.39, 0.29) is 0 Å². The molecule has 0 saturated heterocycles. The Morgan fingerprint density at radius 1 is 0.947 bits per heavy atom. The third-order valence-electron chi connectivity index (χ3n) is 2.27. The van der Waals surface area contributed by atoms with Crippen LogP contribution in [0.2, 0.25) is 0 Å². The van der Waals surface area contributed by atoms with E-state index in [2.05, 4.69) is 30.5 Å². The topological polar surface area (TPSA) is 66.4 Å². The molecule has 0 fully saturated rings. The van der Waals surface area contributed by atoms with Gasteiger partial charge in [-0.15, -0.1) is 0 Å². The van der Waals surface area contributed by atoms with E-state index in [1.807, 2.05) is 24.3 Å². The summed E-state index contributed by atoms with van der Waals surface area (Å²) >= 11 is 0. The van der Waals surface area contributed by atoms with E-state index in [1.165, 1.54) is 0 Å². The van der Waals surface area contributed by atoms with E-state index in [9.17, 15) is 13.0 Å². The molecule has 110 valence electrons. The molecule has 6 heteroatoms. The van der Waals surface area contributed by atoms with E-state index in [4.69, 9.17) is 0 Å². The quantitative estimate of drug-likeness (QED) is 0.280. The van der Waals surface area contributed by atoms with Gasteiger partial charge in [-0.3, -0.25) is 4.18 Å². The molecule has 0 bridgehead atoms. The van der Waals surface area contributed by atoms with E-state index in [0.717, 1.165) is 37.8 Å². The standard InChI is InChI=1S/C12H20N.CH4O4S/c1-5-9-13(10-6-2,11-7-3)12-8-4;1-5-6(2,3)4/h5-8H,1-4,9-12H2;1H3,(H,2,3,4)/q+1;/p-1. The van der Waals surface area contributed by atoms with E-state index >= 15 is 0 Å². The highest BCUT2D eigenvalue weighted by Gasteiger charge is 2.20. The number of rotatable bonds is 9. The first-order valence-electron chi connectivity index (χ1n) is 5.61. The van der Waals surface area contributed by atoms with Crippen molar-refractivity contribution in [1.29, 1.82) is 0 Å². The van der Waals surface area contributed by atoms with Gasteiger partial charge in [0.05, 0.1) is 33.3 Å². The van der Waals surface area contributed by atoms with Gasteiger partial charge in [-0.25, -0.2) is 8.42 Å². The zero-order valence-corrected chi connectivity index (χ0v) is 12.3. The summed E-state index contributed by atoms with van der Waals surface area (Å²) in [6.45, 7) is 18.8. The van der Waals surface area contributed by atoms with Gasteiger partial charge in [0.1, 0.15) is 0 Å². The molecule has 0 heterocycles. The summed E-state index contributed by atoms with van der Waals surface area (Å²) in [5.74, 6) is 0. The summed E-state index contributed by atoms with van der Waals surface area (Å²) in [5, 5.41) is 0. The highest BCUT2D eigenvalue weighted by Crippen LogP contribution is 2.07. The summed E-state index contributed by atoms with van der Waals surface area (Å²) < 4.78 is 31.9. The van der Waals surface area contributed by atoms with Crippen LogP contribution in [0.15, 0.2) is 50.6 Å². The molecule has 19 heavy (non-hydrogen) atoms. The van der Waals surface area contributed by atoms with Gasteiger partial charge in [0.15, 0.2) is 0 Å². The van der Waals surface area contributed by atoms with E-state index < -0.39 is 10.4 Å². The molecular formula is C13H23NO4S. The van der Waals surface area contributed by atoms with Crippen LogP contribution in [0.25, 0.3) is 0 Å². The predicted octanol–water partition coefficient (Wildman–Crippen LogP) is 1.64. The first-order chi connectivity index (χ1) is 8.80. The number of hydrogen-bond donors (Lipinski definition) is 0. The fraction of sp³-hybridized carbons (Fsp3) is 0.385.